The highest BCUT2D eigenvalue weighted by Gasteiger charge is 2.56. The summed E-state index contributed by atoms with van der Waals surface area (Å²) in [5.74, 6) is -0.783. The number of carboxylic acids is 1. The van der Waals surface area contributed by atoms with Gasteiger partial charge in [-0.2, -0.15) is 0 Å². The fourth-order valence-electron chi connectivity index (χ4n) is 2.67. The molecule has 20 heavy (non-hydrogen) atoms. The van der Waals surface area contributed by atoms with E-state index < -0.39 is 28.6 Å². The van der Waals surface area contributed by atoms with Crippen molar-refractivity contribution < 1.29 is 24.2 Å². The standard InChI is InChI=1S/C14H23NO5/c1-12(2,3)20-11(18)15-14(6-7-19-9-14)8-13(4-5-13)10(16)17/h4-9H2,1-3H3,(H,15,18)(H,16,17). The highest BCUT2D eigenvalue weighted by Crippen LogP contribution is 2.52. The number of carboxylic acid groups (broad SMARTS) is 1. The van der Waals surface area contributed by atoms with E-state index in [0.29, 0.717) is 38.9 Å². The number of carbonyl (C=O) groups excluding carboxylic acids is 1. The summed E-state index contributed by atoms with van der Waals surface area (Å²) in [5, 5.41) is 12.2. The summed E-state index contributed by atoms with van der Waals surface area (Å²) in [5.41, 5.74) is -1.88. The van der Waals surface area contributed by atoms with Crippen LogP contribution in [0.1, 0.15) is 46.5 Å². The Kier molecular flexibility index (Phi) is 3.71. The molecule has 1 unspecified atom stereocenters. The van der Waals surface area contributed by atoms with E-state index >= 15 is 0 Å². The van der Waals surface area contributed by atoms with Crippen molar-refractivity contribution >= 4 is 12.1 Å². The van der Waals surface area contributed by atoms with Gasteiger partial charge in [0.1, 0.15) is 5.60 Å². The van der Waals surface area contributed by atoms with Crippen LogP contribution in [0.2, 0.25) is 0 Å². The fraction of sp³-hybridized carbons (Fsp3) is 0.857. The molecule has 6 nitrogen and oxygen atoms in total. The van der Waals surface area contributed by atoms with E-state index in [1.807, 2.05) is 0 Å². The molecule has 1 atom stereocenters. The first-order valence-corrected chi connectivity index (χ1v) is 6.99. The molecule has 0 radical (unpaired) electrons. The molecular weight excluding hydrogens is 262 g/mol. The van der Waals surface area contributed by atoms with E-state index in [2.05, 4.69) is 5.32 Å². The maximum Gasteiger partial charge on any atom is 0.408 e. The molecule has 0 bridgehead atoms. The minimum atomic E-state index is -0.783. The van der Waals surface area contributed by atoms with Crippen molar-refractivity contribution in [1.29, 1.82) is 0 Å². The number of aliphatic carboxylic acids is 1. The topological polar surface area (TPSA) is 84.9 Å². The highest BCUT2D eigenvalue weighted by atomic mass is 16.6. The van der Waals surface area contributed by atoms with Gasteiger partial charge in [0.2, 0.25) is 0 Å². The van der Waals surface area contributed by atoms with Crippen molar-refractivity contribution in [2.75, 3.05) is 13.2 Å². The molecule has 114 valence electrons. The maximum absolute atomic E-state index is 12.0. The molecule has 1 saturated carbocycles. The number of ether oxygens (including phenoxy) is 2. The Labute approximate surface area is 118 Å². The zero-order chi connectivity index (χ0) is 15.0. The lowest BCUT2D eigenvalue weighted by Crippen LogP contribution is -2.52. The smallest absolute Gasteiger partial charge is 0.408 e. The summed E-state index contributed by atoms with van der Waals surface area (Å²) in [7, 11) is 0. The van der Waals surface area contributed by atoms with Crippen LogP contribution in [0.4, 0.5) is 4.79 Å². The summed E-state index contributed by atoms with van der Waals surface area (Å²) in [6.07, 6.45) is 1.86. The van der Waals surface area contributed by atoms with Crippen molar-refractivity contribution in [2.24, 2.45) is 5.41 Å². The predicted octanol–water partition coefficient (Wildman–Crippen LogP) is 1.93. The van der Waals surface area contributed by atoms with Gasteiger partial charge in [0, 0.05) is 6.61 Å². The third kappa shape index (κ3) is 3.42. The number of hydrogen-bond donors (Lipinski definition) is 2. The molecule has 1 aliphatic carbocycles. The van der Waals surface area contributed by atoms with Crippen LogP contribution in [0.25, 0.3) is 0 Å². The van der Waals surface area contributed by atoms with Crippen LogP contribution in [0.3, 0.4) is 0 Å². The maximum atomic E-state index is 12.0. The van der Waals surface area contributed by atoms with E-state index in [-0.39, 0.29) is 0 Å². The number of amides is 1. The van der Waals surface area contributed by atoms with Gasteiger partial charge in [-0.15, -0.1) is 0 Å². The van der Waals surface area contributed by atoms with Gasteiger partial charge in [-0.1, -0.05) is 0 Å². The van der Waals surface area contributed by atoms with Crippen molar-refractivity contribution in [3.8, 4) is 0 Å². The van der Waals surface area contributed by atoms with E-state index in [9.17, 15) is 14.7 Å². The van der Waals surface area contributed by atoms with Gasteiger partial charge >= 0.3 is 12.1 Å². The monoisotopic (exact) mass is 285 g/mol. The van der Waals surface area contributed by atoms with Crippen molar-refractivity contribution in [2.45, 2.75) is 57.6 Å². The Balaban J connectivity index is 2.03. The minimum Gasteiger partial charge on any atom is -0.481 e. The van der Waals surface area contributed by atoms with Crippen LogP contribution in [0.5, 0.6) is 0 Å². The lowest BCUT2D eigenvalue weighted by molar-refractivity contribution is -0.144. The second-order valence-electron chi connectivity index (χ2n) is 6.97. The Morgan fingerprint density at radius 1 is 1.30 bits per heavy atom. The van der Waals surface area contributed by atoms with Gasteiger partial charge in [0.15, 0.2) is 0 Å². The Hall–Kier alpha value is -1.30. The zero-order valence-electron chi connectivity index (χ0n) is 12.3. The summed E-state index contributed by atoms with van der Waals surface area (Å²) in [6.45, 7) is 6.27. The van der Waals surface area contributed by atoms with E-state index in [1.165, 1.54) is 0 Å². The van der Waals surface area contributed by atoms with Crippen molar-refractivity contribution in [1.82, 2.24) is 5.32 Å². The molecule has 1 heterocycles. The third-order valence-electron chi connectivity index (χ3n) is 3.85. The molecule has 2 N–H and O–H groups in total. The quantitative estimate of drug-likeness (QED) is 0.824. The van der Waals surface area contributed by atoms with Gasteiger partial charge in [0.05, 0.1) is 17.6 Å². The first kappa shape index (κ1) is 15.1. The van der Waals surface area contributed by atoms with E-state index in [0.717, 1.165) is 0 Å². The molecule has 0 aromatic carbocycles. The second-order valence-corrected chi connectivity index (χ2v) is 6.97. The lowest BCUT2D eigenvalue weighted by atomic mass is 9.84. The largest absolute Gasteiger partial charge is 0.481 e. The van der Waals surface area contributed by atoms with E-state index in [1.54, 1.807) is 20.8 Å². The Bertz CT molecular complexity index is 402. The van der Waals surface area contributed by atoms with Gasteiger partial charge in [-0.05, 0) is 46.5 Å². The number of rotatable bonds is 4. The summed E-state index contributed by atoms with van der Waals surface area (Å²) >= 11 is 0. The first-order valence-electron chi connectivity index (χ1n) is 6.99. The fourth-order valence-corrected chi connectivity index (χ4v) is 2.67. The Morgan fingerprint density at radius 2 is 1.95 bits per heavy atom. The molecule has 0 aromatic rings. The third-order valence-corrected chi connectivity index (χ3v) is 3.85. The summed E-state index contributed by atoms with van der Waals surface area (Å²) in [6, 6.07) is 0. The molecule has 2 fully saturated rings. The molecule has 1 aliphatic heterocycles. The average Bonchev–Trinajstić information content (AvgIpc) is 2.90. The molecule has 2 rings (SSSR count). The average molecular weight is 285 g/mol. The lowest BCUT2D eigenvalue weighted by Gasteiger charge is -2.32. The zero-order valence-corrected chi connectivity index (χ0v) is 12.3. The van der Waals surface area contributed by atoms with Crippen molar-refractivity contribution in [3.63, 3.8) is 0 Å². The minimum absolute atomic E-state index is 0.348. The molecule has 1 saturated heterocycles. The van der Waals surface area contributed by atoms with Crippen LogP contribution in [0, 0.1) is 5.41 Å². The van der Waals surface area contributed by atoms with Crippen LogP contribution in [-0.2, 0) is 14.3 Å². The van der Waals surface area contributed by atoms with Crippen LogP contribution in [0.15, 0.2) is 0 Å². The van der Waals surface area contributed by atoms with Gasteiger partial charge in [0.25, 0.3) is 0 Å². The molecule has 2 aliphatic rings. The Morgan fingerprint density at radius 3 is 2.35 bits per heavy atom. The number of nitrogens with one attached hydrogen (secondary N) is 1. The molecule has 0 aromatic heterocycles. The molecular formula is C14H23NO5. The van der Waals surface area contributed by atoms with Gasteiger partial charge < -0.3 is 19.9 Å². The van der Waals surface area contributed by atoms with Crippen LogP contribution >= 0.6 is 0 Å². The predicted molar refractivity (Wildman–Crippen MR) is 71.5 cm³/mol. The van der Waals surface area contributed by atoms with Gasteiger partial charge in [-0.25, -0.2) is 4.79 Å². The summed E-state index contributed by atoms with van der Waals surface area (Å²) in [4.78, 5) is 23.3. The van der Waals surface area contributed by atoms with Crippen LogP contribution < -0.4 is 5.32 Å². The number of hydrogen-bond acceptors (Lipinski definition) is 4. The van der Waals surface area contributed by atoms with E-state index in [4.69, 9.17) is 9.47 Å². The first-order chi connectivity index (χ1) is 9.17. The van der Waals surface area contributed by atoms with Crippen molar-refractivity contribution in [3.05, 3.63) is 0 Å². The summed E-state index contributed by atoms with van der Waals surface area (Å²) < 4.78 is 10.6. The molecule has 6 heteroatoms. The van der Waals surface area contributed by atoms with Crippen LogP contribution in [-0.4, -0.2) is 41.5 Å². The highest BCUT2D eigenvalue weighted by molar-refractivity contribution is 5.78. The molecule has 0 spiro atoms. The van der Waals surface area contributed by atoms with Gasteiger partial charge in [-0.3, -0.25) is 4.79 Å². The second kappa shape index (κ2) is 4.91. The normalized spacial score (nSPS) is 27.9. The molecule has 1 amide bonds. The SMILES string of the molecule is CC(C)(C)OC(=O)NC1(CC2(C(=O)O)CC2)CCOC1. The number of carbonyl (C=O) groups is 2. The number of alkyl carbamates (subject to hydrolysis) is 1.